The Morgan fingerprint density at radius 2 is 1.88 bits per heavy atom. The molecule has 0 aliphatic heterocycles. The number of aromatic amines is 1. The first-order chi connectivity index (χ1) is 12.1. The molecule has 0 unspecified atom stereocenters. The summed E-state index contributed by atoms with van der Waals surface area (Å²) >= 11 is 1.23. The Morgan fingerprint density at radius 1 is 1.16 bits per heavy atom. The fourth-order valence-electron chi connectivity index (χ4n) is 2.20. The Balaban J connectivity index is 1.55. The van der Waals surface area contributed by atoms with Gasteiger partial charge in [-0.15, -0.1) is 5.10 Å². The molecule has 0 saturated heterocycles. The second-order valence-corrected chi connectivity index (χ2v) is 6.30. The van der Waals surface area contributed by atoms with Crippen LogP contribution in [0, 0.1) is 5.82 Å². The monoisotopic (exact) mass is 356 g/mol. The van der Waals surface area contributed by atoms with Crippen LogP contribution in [-0.2, 0) is 11.2 Å². The Labute approximate surface area is 149 Å². The zero-order valence-electron chi connectivity index (χ0n) is 13.6. The van der Waals surface area contributed by atoms with Gasteiger partial charge in [-0.2, -0.15) is 0 Å². The molecular weight excluding hydrogens is 339 g/mol. The third-order valence-corrected chi connectivity index (χ3v) is 4.41. The van der Waals surface area contributed by atoms with Gasteiger partial charge in [-0.3, -0.25) is 9.89 Å². The lowest BCUT2D eigenvalue weighted by Crippen LogP contribution is -2.14. The summed E-state index contributed by atoms with van der Waals surface area (Å²) in [7, 11) is 0. The number of benzene rings is 2. The molecule has 128 valence electrons. The van der Waals surface area contributed by atoms with Crippen molar-refractivity contribution >= 4 is 23.4 Å². The van der Waals surface area contributed by atoms with Gasteiger partial charge < -0.3 is 5.32 Å². The van der Waals surface area contributed by atoms with Crippen molar-refractivity contribution in [3.63, 3.8) is 0 Å². The van der Waals surface area contributed by atoms with Gasteiger partial charge in [0.05, 0.1) is 5.75 Å². The molecule has 1 heterocycles. The topological polar surface area (TPSA) is 70.7 Å². The van der Waals surface area contributed by atoms with Gasteiger partial charge >= 0.3 is 0 Å². The maximum atomic E-state index is 12.8. The second-order valence-electron chi connectivity index (χ2n) is 5.36. The summed E-state index contributed by atoms with van der Waals surface area (Å²) in [6, 6.07) is 13.7. The van der Waals surface area contributed by atoms with Gasteiger partial charge in [-0.1, -0.05) is 43.0 Å². The Morgan fingerprint density at radius 3 is 2.56 bits per heavy atom. The maximum Gasteiger partial charge on any atom is 0.234 e. The molecule has 3 aromatic rings. The second kappa shape index (κ2) is 7.94. The van der Waals surface area contributed by atoms with Crippen LogP contribution in [0.2, 0.25) is 0 Å². The highest BCUT2D eigenvalue weighted by Crippen LogP contribution is 2.20. The molecule has 0 radical (unpaired) electrons. The summed E-state index contributed by atoms with van der Waals surface area (Å²) in [6.45, 7) is 2.11. The van der Waals surface area contributed by atoms with Crippen LogP contribution in [0.1, 0.15) is 12.5 Å². The van der Waals surface area contributed by atoms with Crippen molar-refractivity contribution in [2.24, 2.45) is 0 Å². The molecule has 5 nitrogen and oxygen atoms in total. The minimum atomic E-state index is -0.340. The highest BCUT2D eigenvalue weighted by atomic mass is 32.2. The van der Waals surface area contributed by atoms with Gasteiger partial charge in [-0.25, -0.2) is 9.37 Å². The van der Waals surface area contributed by atoms with E-state index in [1.807, 2.05) is 12.1 Å². The van der Waals surface area contributed by atoms with E-state index in [9.17, 15) is 9.18 Å². The Bertz CT molecular complexity index is 846. The van der Waals surface area contributed by atoms with E-state index in [4.69, 9.17) is 0 Å². The van der Waals surface area contributed by atoms with E-state index in [1.54, 1.807) is 0 Å². The molecule has 2 N–H and O–H groups in total. The molecule has 25 heavy (non-hydrogen) atoms. The number of halogens is 1. The average Bonchev–Trinajstić information content (AvgIpc) is 3.11. The summed E-state index contributed by atoms with van der Waals surface area (Å²) in [5.41, 5.74) is 2.77. The number of carbonyl (C=O) groups excluding carboxylic acids is 1. The predicted octanol–water partition coefficient (Wildman–Crippen LogP) is 3.90. The third kappa shape index (κ3) is 4.67. The van der Waals surface area contributed by atoms with E-state index >= 15 is 0 Å². The number of aromatic nitrogens is 3. The molecule has 7 heteroatoms. The van der Waals surface area contributed by atoms with Crippen molar-refractivity contribution in [2.45, 2.75) is 18.5 Å². The molecule has 0 saturated carbocycles. The summed E-state index contributed by atoms with van der Waals surface area (Å²) in [5, 5.41) is 10.2. The zero-order chi connectivity index (χ0) is 17.6. The van der Waals surface area contributed by atoms with Gasteiger partial charge in [0.2, 0.25) is 11.1 Å². The fourth-order valence-corrected chi connectivity index (χ4v) is 2.80. The largest absolute Gasteiger partial charge is 0.325 e. The lowest BCUT2D eigenvalue weighted by atomic mass is 10.1. The molecule has 1 aromatic heterocycles. The van der Waals surface area contributed by atoms with Crippen LogP contribution in [-0.4, -0.2) is 26.8 Å². The van der Waals surface area contributed by atoms with Gasteiger partial charge in [-0.05, 0) is 36.2 Å². The minimum absolute atomic E-state index is 0.170. The molecular formula is C18H17FN4OS. The van der Waals surface area contributed by atoms with E-state index in [2.05, 4.69) is 39.6 Å². The van der Waals surface area contributed by atoms with Crippen molar-refractivity contribution in [1.82, 2.24) is 15.2 Å². The molecule has 0 aliphatic carbocycles. The molecule has 2 aromatic carbocycles. The number of H-pyrrole nitrogens is 1. The number of thioether (sulfide) groups is 1. The van der Waals surface area contributed by atoms with Crippen molar-refractivity contribution in [3.05, 3.63) is 59.9 Å². The Kier molecular flexibility index (Phi) is 5.45. The number of aryl methyl sites for hydroxylation is 1. The third-order valence-electron chi connectivity index (χ3n) is 3.56. The number of amides is 1. The van der Waals surface area contributed by atoms with Gasteiger partial charge in [0.15, 0.2) is 5.82 Å². The number of anilines is 1. The minimum Gasteiger partial charge on any atom is -0.325 e. The van der Waals surface area contributed by atoms with Gasteiger partial charge in [0.25, 0.3) is 0 Å². The summed E-state index contributed by atoms with van der Waals surface area (Å²) in [4.78, 5) is 16.3. The van der Waals surface area contributed by atoms with Gasteiger partial charge in [0.1, 0.15) is 5.82 Å². The molecule has 1 amide bonds. The number of nitrogens with zero attached hydrogens (tertiary/aromatic N) is 2. The van der Waals surface area contributed by atoms with Crippen molar-refractivity contribution in [1.29, 1.82) is 0 Å². The molecule has 0 spiro atoms. The summed E-state index contributed by atoms with van der Waals surface area (Å²) in [5.74, 6) is 0.302. The van der Waals surface area contributed by atoms with E-state index in [0.29, 0.717) is 16.7 Å². The molecule has 0 atom stereocenters. The lowest BCUT2D eigenvalue weighted by molar-refractivity contribution is -0.113. The quantitative estimate of drug-likeness (QED) is 0.657. The first kappa shape index (κ1) is 17.2. The number of hydrogen-bond donors (Lipinski definition) is 2. The molecule has 0 aliphatic rings. The smallest absolute Gasteiger partial charge is 0.234 e. The average molecular weight is 356 g/mol. The van der Waals surface area contributed by atoms with E-state index in [0.717, 1.165) is 12.0 Å². The number of rotatable bonds is 6. The van der Waals surface area contributed by atoms with Gasteiger partial charge in [0, 0.05) is 11.3 Å². The standard InChI is InChI=1S/C18H17FN4OS/c1-2-12-3-5-13(6-4-12)17-21-18(23-22-17)25-11-16(24)20-15-9-7-14(19)8-10-15/h3-10H,2,11H2,1H3,(H,20,24)(H,21,22,23). The zero-order valence-corrected chi connectivity index (χ0v) is 14.4. The predicted molar refractivity (Wildman–Crippen MR) is 97.0 cm³/mol. The van der Waals surface area contributed by atoms with Crippen LogP contribution >= 0.6 is 11.8 Å². The SMILES string of the molecule is CCc1ccc(-c2nc(SCC(=O)Nc3ccc(F)cc3)n[nH]2)cc1. The van der Waals surface area contributed by atoms with E-state index < -0.39 is 0 Å². The number of carbonyl (C=O) groups is 1. The number of nitrogens with one attached hydrogen (secondary N) is 2. The van der Waals surface area contributed by atoms with E-state index in [1.165, 1.54) is 41.6 Å². The molecule has 0 fully saturated rings. The van der Waals surface area contributed by atoms with Crippen LogP contribution in [0.4, 0.5) is 10.1 Å². The lowest BCUT2D eigenvalue weighted by Gasteiger charge is -2.03. The first-order valence-corrected chi connectivity index (χ1v) is 8.82. The molecule has 0 bridgehead atoms. The summed E-state index contributed by atoms with van der Waals surface area (Å²) < 4.78 is 12.8. The maximum absolute atomic E-state index is 12.8. The van der Waals surface area contributed by atoms with Crippen LogP contribution in [0.15, 0.2) is 53.7 Å². The normalized spacial score (nSPS) is 10.6. The van der Waals surface area contributed by atoms with Crippen molar-refractivity contribution in [2.75, 3.05) is 11.1 Å². The van der Waals surface area contributed by atoms with Crippen LogP contribution in [0.3, 0.4) is 0 Å². The number of hydrogen-bond acceptors (Lipinski definition) is 4. The van der Waals surface area contributed by atoms with E-state index in [-0.39, 0.29) is 17.5 Å². The fraction of sp³-hybridized carbons (Fsp3) is 0.167. The molecule has 3 rings (SSSR count). The van der Waals surface area contributed by atoms with Crippen LogP contribution in [0.25, 0.3) is 11.4 Å². The van der Waals surface area contributed by atoms with Crippen LogP contribution in [0.5, 0.6) is 0 Å². The highest BCUT2D eigenvalue weighted by Gasteiger charge is 2.09. The first-order valence-electron chi connectivity index (χ1n) is 7.84. The highest BCUT2D eigenvalue weighted by molar-refractivity contribution is 7.99. The van der Waals surface area contributed by atoms with Crippen molar-refractivity contribution in [3.8, 4) is 11.4 Å². The summed E-state index contributed by atoms with van der Waals surface area (Å²) in [6.07, 6.45) is 0.987. The Hall–Kier alpha value is -2.67. The van der Waals surface area contributed by atoms with Crippen LogP contribution < -0.4 is 5.32 Å². The van der Waals surface area contributed by atoms with Crippen molar-refractivity contribution < 1.29 is 9.18 Å².